The molecule has 0 amide bonds. The number of nitrogens with two attached hydrogens (primary N) is 2. The number of hydrogen-bond donors (Lipinski definition) is 2. The molecule has 3 aromatic rings. The Morgan fingerprint density at radius 2 is 0.795 bits per heavy atom. The van der Waals surface area contributed by atoms with Gasteiger partial charge in [-0.15, -0.1) is 0 Å². The molecule has 0 atom stereocenters. The third-order valence-corrected chi connectivity index (χ3v) is 4.78. The molecule has 3 aromatic carbocycles. The zero-order valence-electron chi connectivity index (χ0n) is 18.1. The zero-order chi connectivity index (χ0) is 29.8. The van der Waals surface area contributed by atoms with Crippen LogP contribution in [0.15, 0.2) is 24.3 Å². The van der Waals surface area contributed by atoms with Crippen molar-refractivity contribution >= 4 is 11.4 Å². The highest BCUT2D eigenvalue weighted by atomic mass is 19.4. The van der Waals surface area contributed by atoms with Crippen LogP contribution in [-0.2, 0) is 18.5 Å². The summed E-state index contributed by atoms with van der Waals surface area (Å²) in [6, 6.07) is 0.902. The molecule has 4 nitrogen and oxygen atoms in total. The van der Waals surface area contributed by atoms with Gasteiger partial charge in [0.05, 0.1) is 0 Å². The first kappa shape index (κ1) is 29.4. The number of anilines is 2. The second-order valence-electron chi connectivity index (χ2n) is 7.35. The first-order valence-electron chi connectivity index (χ1n) is 9.61. The first-order chi connectivity index (χ1) is 17.7. The van der Waals surface area contributed by atoms with Gasteiger partial charge in [-0.2, -0.15) is 48.3 Å². The van der Waals surface area contributed by atoms with E-state index in [0.717, 1.165) is 0 Å². The Morgan fingerprint density at radius 3 is 1.15 bits per heavy atom. The average molecular weight is 586 g/mol. The normalized spacial score (nSPS) is 12.6. The van der Waals surface area contributed by atoms with Gasteiger partial charge in [0, 0.05) is 11.4 Å². The van der Waals surface area contributed by atoms with Crippen molar-refractivity contribution in [3.8, 4) is 23.0 Å². The van der Waals surface area contributed by atoms with E-state index in [1.807, 2.05) is 0 Å². The lowest BCUT2D eigenvalue weighted by atomic mass is 10.1. The van der Waals surface area contributed by atoms with Crippen LogP contribution in [0.4, 0.5) is 72.8 Å². The van der Waals surface area contributed by atoms with Gasteiger partial charge in [-0.05, 0) is 24.3 Å². The van der Waals surface area contributed by atoms with E-state index < -0.39 is 98.7 Å². The summed E-state index contributed by atoms with van der Waals surface area (Å²) in [6.45, 7) is 0. The van der Waals surface area contributed by atoms with E-state index in [9.17, 15) is 57.1 Å². The summed E-state index contributed by atoms with van der Waals surface area (Å²) < 4.78 is 202. The minimum Gasteiger partial charge on any atom is -0.450 e. The first-order valence-corrected chi connectivity index (χ1v) is 9.61. The van der Waals surface area contributed by atoms with Crippen LogP contribution in [-0.4, -0.2) is 0 Å². The minimum absolute atomic E-state index is 0.125. The zero-order valence-corrected chi connectivity index (χ0v) is 18.1. The highest BCUT2D eigenvalue weighted by Crippen LogP contribution is 2.51. The second kappa shape index (κ2) is 9.57. The molecule has 18 heteroatoms. The van der Waals surface area contributed by atoms with Gasteiger partial charge in [0.15, 0.2) is 34.7 Å². The van der Waals surface area contributed by atoms with Crippen molar-refractivity contribution in [1.29, 1.82) is 0 Å². The molecule has 0 heterocycles. The van der Waals surface area contributed by atoms with Crippen LogP contribution in [0.1, 0.15) is 16.7 Å². The fourth-order valence-corrected chi connectivity index (χ4v) is 3.19. The molecule has 0 radical (unpaired) electrons. The largest absolute Gasteiger partial charge is 0.450 e. The van der Waals surface area contributed by atoms with Gasteiger partial charge in [-0.1, -0.05) is 0 Å². The Hall–Kier alpha value is -4.12. The van der Waals surface area contributed by atoms with Gasteiger partial charge in [-0.3, -0.25) is 0 Å². The van der Waals surface area contributed by atoms with Crippen LogP contribution in [0.25, 0.3) is 0 Å². The van der Waals surface area contributed by atoms with E-state index in [4.69, 9.17) is 11.5 Å². The van der Waals surface area contributed by atoms with Crippen LogP contribution >= 0.6 is 0 Å². The lowest BCUT2D eigenvalue weighted by Gasteiger charge is -2.22. The molecule has 212 valence electrons. The predicted octanol–water partition coefficient (Wildman–Crippen LogP) is 8.19. The average Bonchev–Trinajstić information content (AvgIpc) is 2.76. The van der Waals surface area contributed by atoms with Crippen LogP contribution < -0.4 is 20.9 Å². The van der Waals surface area contributed by atoms with Crippen LogP contribution in [0.2, 0.25) is 0 Å². The number of rotatable bonds is 4. The highest BCUT2D eigenvalue weighted by Gasteiger charge is 2.46. The van der Waals surface area contributed by atoms with Crippen molar-refractivity contribution in [1.82, 2.24) is 0 Å². The SMILES string of the molecule is Nc1ccc(F)c(Oc2c(F)c(F)c(C(F)(F)F)c(Oc3c(F)ccc(N)c3C(F)(F)F)c2F)c1C(F)(F)F. The molecule has 0 aliphatic rings. The lowest BCUT2D eigenvalue weighted by Crippen LogP contribution is -2.17. The number of hydrogen-bond acceptors (Lipinski definition) is 4. The molecule has 0 spiro atoms. The van der Waals surface area contributed by atoms with E-state index in [1.54, 1.807) is 0 Å². The van der Waals surface area contributed by atoms with Crippen molar-refractivity contribution in [2.45, 2.75) is 18.5 Å². The third kappa shape index (κ3) is 5.40. The minimum atomic E-state index is -6.17. The van der Waals surface area contributed by atoms with Gasteiger partial charge in [0.1, 0.15) is 16.7 Å². The maximum Gasteiger partial charge on any atom is 0.423 e. The topological polar surface area (TPSA) is 70.5 Å². The van der Waals surface area contributed by atoms with E-state index in [1.165, 1.54) is 0 Å². The van der Waals surface area contributed by atoms with Gasteiger partial charge in [0.2, 0.25) is 17.4 Å². The molecule has 3 rings (SSSR count). The number of alkyl halides is 9. The molecule has 0 aromatic heterocycles. The smallest absolute Gasteiger partial charge is 0.423 e. The van der Waals surface area contributed by atoms with Crippen molar-refractivity contribution in [2.75, 3.05) is 11.5 Å². The van der Waals surface area contributed by atoms with Crippen molar-refractivity contribution in [3.63, 3.8) is 0 Å². The van der Waals surface area contributed by atoms with Gasteiger partial charge >= 0.3 is 18.5 Å². The van der Waals surface area contributed by atoms with E-state index in [-0.39, 0.29) is 18.2 Å². The quantitative estimate of drug-likeness (QED) is 0.184. The Morgan fingerprint density at radius 1 is 0.436 bits per heavy atom. The van der Waals surface area contributed by atoms with E-state index in [0.29, 0.717) is 6.07 Å². The summed E-state index contributed by atoms with van der Waals surface area (Å²) in [6.07, 6.45) is -17.5. The summed E-state index contributed by atoms with van der Waals surface area (Å²) in [4.78, 5) is 0. The van der Waals surface area contributed by atoms with Crippen molar-refractivity contribution in [3.05, 3.63) is 70.0 Å². The molecule has 0 saturated heterocycles. The summed E-state index contributed by atoms with van der Waals surface area (Å²) in [7, 11) is 0. The Labute approximate surface area is 206 Å². The fourth-order valence-electron chi connectivity index (χ4n) is 3.19. The molecular formula is C21H8F14N2O2. The number of benzene rings is 3. The van der Waals surface area contributed by atoms with Gasteiger partial charge in [0.25, 0.3) is 0 Å². The predicted molar refractivity (Wildman–Crippen MR) is 103 cm³/mol. The van der Waals surface area contributed by atoms with Crippen molar-refractivity contribution < 1.29 is 70.9 Å². The molecule has 0 bridgehead atoms. The molecule has 0 aliphatic heterocycles. The number of ether oxygens (including phenoxy) is 2. The molecule has 0 fully saturated rings. The molecule has 0 unspecified atom stereocenters. The van der Waals surface area contributed by atoms with E-state index >= 15 is 4.39 Å². The fraction of sp³-hybridized carbons (Fsp3) is 0.143. The lowest BCUT2D eigenvalue weighted by molar-refractivity contribution is -0.142. The maximum atomic E-state index is 15.2. The molecule has 0 aliphatic carbocycles. The van der Waals surface area contributed by atoms with Crippen LogP contribution in [0, 0.1) is 29.1 Å². The Kier molecular flexibility index (Phi) is 7.22. The second-order valence-corrected chi connectivity index (χ2v) is 7.35. The van der Waals surface area contributed by atoms with E-state index in [2.05, 4.69) is 9.47 Å². The molecule has 0 saturated carbocycles. The van der Waals surface area contributed by atoms with Crippen LogP contribution in [0.3, 0.4) is 0 Å². The Bertz CT molecular complexity index is 1450. The summed E-state index contributed by atoms with van der Waals surface area (Å²) >= 11 is 0. The summed E-state index contributed by atoms with van der Waals surface area (Å²) in [5, 5.41) is 0. The summed E-state index contributed by atoms with van der Waals surface area (Å²) in [5.74, 6) is -23.0. The van der Waals surface area contributed by atoms with Crippen molar-refractivity contribution in [2.24, 2.45) is 0 Å². The molecular weight excluding hydrogens is 578 g/mol. The molecule has 4 N–H and O–H groups in total. The summed E-state index contributed by atoms with van der Waals surface area (Å²) in [5.41, 5.74) is -0.205. The van der Waals surface area contributed by atoms with Gasteiger partial charge < -0.3 is 20.9 Å². The monoisotopic (exact) mass is 586 g/mol. The van der Waals surface area contributed by atoms with Crippen LogP contribution in [0.5, 0.6) is 23.0 Å². The Balaban J connectivity index is 2.39. The highest BCUT2D eigenvalue weighted by molar-refractivity contribution is 5.60. The molecule has 39 heavy (non-hydrogen) atoms. The third-order valence-electron chi connectivity index (χ3n) is 4.78. The van der Waals surface area contributed by atoms with Gasteiger partial charge in [-0.25, -0.2) is 13.2 Å². The maximum absolute atomic E-state index is 15.2. The standard InChI is InChI=1S/C21H8F14N2O2/c22-5-1-3-7(36)9(19(27,28)29)15(5)38-17-11(21(33,34)35)12(24)13(25)18(14(17)26)39-16-6(23)2-4-8(37)10(16)20(30,31)32/h1-4H,36-37H2. The number of nitrogen functional groups attached to an aromatic ring is 2. The number of halogens is 14.